The molecule has 0 bridgehead atoms. The highest BCUT2D eigenvalue weighted by molar-refractivity contribution is 5.18. The normalized spacial score (nSPS) is 22.1. The average Bonchev–Trinajstić information content (AvgIpc) is 2.40. The smallest absolute Gasteiger partial charge is 0.0826 e. The van der Waals surface area contributed by atoms with Crippen LogP contribution in [0.4, 0.5) is 0 Å². The van der Waals surface area contributed by atoms with E-state index in [-0.39, 0.29) is 0 Å². The first-order valence-electron chi connectivity index (χ1n) is 6.81. The summed E-state index contributed by atoms with van der Waals surface area (Å²) >= 11 is 0. The van der Waals surface area contributed by atoms with Crippen LogP contribution in [-0.4, -0.2) is 50.8 Å². The molecule has 3 heteroatoms. The summed E-state index contributed by atoms with van der Waals surface area (Å²) in [6.45, 7) is 7.16. The van der Waals surface area contributed by atoms with Crippen molar-refractivity contribution < 1.29 is 4.74 Å². The molecule has 1 aliphatic rings. The Bertz CT molecular complexity index is 336. The second-order valence-electron chi connectivity index (χ2n) is 5.23. The molecule has 0 radical (unpaired) electrons. The van der Waals surface area contributed by atoms with E-state index >= 15 is 0 Å². The maximum atomic E-state index is 5.73. The van der Waals surface area contributed by atoms with E-state index in [1.807, 2.05) is 0 Å². The Morgan fingerprint density at radius 2 is 2.17 bits per heavy atom. The van der Waals surface area contributed by atoms with E-state index in [1.54, 1.807) is 0 Å². The third kappa shape index (κ3) is 4.09. The van der Waals surface area contributed by atoms with E-state index in [9.17, 15) is 0 Å². The van der Waals surface area contributed by atoms with Crippen molar-refractivity contribution in [3.8, 4) is 0 Å². The minimum atomic E-state index is 0.340. The van der Waals surface area contributed by atoms with Gasteiger partial charge in [-0.1, -0.05) is 37.3 Å². The third-order valence-electron chi connectivity index (χ3n) is 3.47. The standard InChI is InChI=1S/C15H24N2O/c1-13(14-6-4-3-5-7-14)11-17(2)12-15-10-16-8-9-18-15/h3-7,13,15-16H,8-12H2,1-2H3. The second kappa shape index (κ2) is 6.88. The zero-order valence-electron chi connectivity index (χ0n) is 11.4. The molecule has 0 spiro atoms. The van der Waals surface area contributed by atoms with Crippen LogP contribution < -0.4 is 5.32 Å². The van der Waals surface area contributed by atoms with Gasteiger partial charge in [0.05, 0.1) is 12.7 Å². The summed E-state index contributed by atoms with van der Waals surface area (Å²) in [7, 11) is 2.18. The lowest BCUT2D eigenvalue weighted by Crippen LogP contribution is -2.44. The highest BCUT2D eigenvalue weighted by atomic mass is 16.5. The van der Waals surface area contributed by atoms with E-state index in [0.29, 0.717) is 12.0 Å². The number of rotatable bonds is 5. The fraction of sp³-hybridized carbons (Fsp3) is 0.600. The Morgan fingerprint density at radius 1 is 1.39 bits per heavy atom. The zero-order valence-corrected chi connectivity index (χ0v) is 11.4. The molecule has 0 aliphatic carbocycles. The van der Waals surface area contributed by atoms with Crippen LogP contribution in [0.25, 0.3) is 0 Å². The Hall–Kier alpha value is -0.900. The van der Waals surface area contributed by atoms with E-state index in [1.165, 1.54) is 5.56 Å². The molecule has 1 aromatic carbocycles. The van der Waals surface area contributed by atoms with Crippen molar-refractivity contribution in [2.24, 2.45) is 0 Å². The number of likely N-dealkylation sites (N-methyl/N-ethyl adjacent to an activating group) is 1. The number of hydrogen-bond donors (Lipinski definition) is 1. The number of hydrogen-bond acceptors (Lipinski definition) is 3. The first-order chi connectivity index (χ1) is 8.75. The van der Waals surface area contributed by atoms with Crippen molar-refractivity contribution in [1.82, 2.24) is 10.2 Å². The predicted octanol–water partition coefficient (Wildman–Crippen LogP) is 1.71. The molecular formula is C15H24N2O. The van der Waals surface area contributed by atoms with Crippen LogP contribution in [0.2, 0.25) is 0 Å². The first-order valence-corrected chi connectivity index (χ1v) is 6.81. The van der Waals surface area contributed by atoms with Crippen LogP contribution >= 0.6 is 0 Å². The fourth-order valence-electron chi connectivity index (χ4n) is 2.51. The van der Waals surface area contributed by atoms with Crippen molar-refractivity contribution in [2.45, 2.75) is 18.9 Å². The molecule has 0 aromatic heterocycles. The van der Waals surface area contributed by atoms with Gasteiger partial charge in [-0.25, -0.2) is 0 Å². The van der Waals surface area contributed by atoms with Crippen molar-refractivity contribution in [2.75, 3.05) is 39.8 Å². The topological polar surface area (TPSA) is 24.5 Å². The molecule has 1 saturated heterocycles. The zero-order chi connectivity index (χ0) is 12.8. The monoisotopic (exact) mass is 248 g/mol. The summed E-state index contributed by atoms with van der Waals surface area (Å²) in [6.07, 6.45) is 0.340. The summed E-state index contributed by atoms with van der Waals surface area (Å²) < 4.78 is 5.73. The summed E-state index contributed by atoms with van der Waals surface area (Å²) in [5, 5.41) is 3.37. The van der Waals surface area contributed by atoms with Crippen LogP contribution in [-0.2, 0) is 4.74 Å². The van der Waals surface area contributed by atoms with Gasteiger partial charge in [0.1, 0.15) is 0 Å². The van der Waals surface area contributed by atoms with Crippen LogP contribution in [0.1, 0.15) is 18.4 Å². The Kier molecular flexibility index (Phi) is 5.17. The van der Waals surface area contributed by atoms with Crippen LogP contribution in [0.3, 0.4) is 0 Å². The fourth-order valence-corrected chi connectivity index (χ4v) is 2.51. The second-order valence-corrected chi connectivity index (χ2v) is 5.23. The molecule has 1 aliphatic heterocycles. The maximum Gasteiger partial charge on any atom is 0.0826 e. The van der Waals surface area contributed by atoms with Gasteiger partial charge in [-0.15, -0.1) is 0 Å². The minimum Gasteiger partial charge on any atom is -0.374 e. The number of morpholine rings is 1. The summed E-state index contributed by atoms with van der Waals surface area (Å²) in [4.78, 5) is 2.37. The molecule has 18 heavy (non-hydrogen) atoms. The summed E-state index contributed by atoms with van der Waals surface area (Å²) in [5.41, 5.74) is 1.41. The highest BCUT2D eigenvalue weighted by Gasteiger charge is 2.17. The highest BCUT2D eigenvalue weighted by Crippen LogP contribution is 2.15. The van der Waals surface area contributed by atoms with Crippen LogP contribution in [0.5, 0.6) is 0 Å². The molecule has 1 N–H and O–H groups in total. The third-order valence-corrected chi connectivity index (χ3v) is 3.47. The summed E-state index contributed by atoms with van der Waals surface area (Å²) in [6, 6.07) is 10.7. The van der Waals surface area contributed by atoms with Gasteiger partial charge in [0, 0.05) is 26.2 Å². The number of ether oxygens (including phenoxy) is 1. The molecule has 0 amide bonds. The van der Waals surface area contributed by atoms with E-state index < -0.39 is 0 Å². The van der Waals surface area contributed by atoms with Crippen molar-refractivity contribution >= 4 is 0 Å². The van der Waals surface area contributed by atoms with E-state index in [0.717, 1.165) is 32.8 Å². The predicted molar refractivity (Wildman–Crippen MR) is 75.0 cm³/mol. The molecule has 0 saturated carbocycles. The Labute approximate surface area is 110 Å². The minimum absolute atomic E-state index is 0.340. The quantitative estimate of drug-likeness (QED) is 0.858. The number of benzene rings is 1. The molecule has 2 atom stereocenters. The van der Waals surface area contributed by atoms with Crippen molar-refractivity contribution in [3.63, 3.8) is 0 Å². The van der Waals surface area contributed by atoms with Crippen LogP contribution in [0.15, 0.2) is 30.3 Å². The van der Waals surface area contributed by atoms with Gasteiger partial charge in [-0.3, -0.25) is 0 Å². The number of nitrogens with zero attached hydrogens (tertiary/aromatic N) is 1. The Balaban J connectivity index is 1.78. The molecule has 1 fully saturated rings. The lowest BCUT2D eigenvalue weighted by molar-refractivity contribution is 0.00943. The number of nitrogens with one attached hydrogen (secondary N) is 1. The van der Waals surface area contributed by atoms with Crippen molar-refractivity contribution in [1.29, 1.82) is 0 Å². The molecule has 2 unspecified atom stereocenters. The molecule has 2 rings (SSSR count). The maximum absolute atomic E-state index is 5.73. The van der Waals surface area contributed by atoms with Gasteiger partial charge in [0.15, 0.2) is 0 Å². The Morgan fingerprint density at radius 3 is 2.83 bits per heavy atom. The van der Waals surface area contributed by atoms with Gasteiger partial charge in [0.2, 0.25) is 0 Å². The lowest BCUT2D eigenvalue weighted by Gasteiger charge is -2.29. The van der Waals surface area contributed by atoms with Gasteiger partial charge < -0.3 is 15.0 Å². The van der Waals surface area contributed by atoms with E-state index in [2.05, 4.69) is 54.5 Å². The van der Waals surface area contributed by atoms with Gasteiger partial charge in [-0.05, 0) is 18.5 Å². The molecule has 1 heterocycles. The summed E-state index contributed by atoms with van der Waals surface area (Å²) in [5.74, 6) is 0.563. The molecule has 100 valence electrons. The lowest BCUT2D eigenvalue weighted by atomic mass is 10.0. The SMILES string of the molecule is CC(CN(C)CC1CNCCO1)c1ccccc1. The van der Waals surface area contributed by atoms with Gasteiger partial charge in [-0.2, -0.15) is 0 Å². The molecule has 1 aromatic rings. The largest absolute Gasteiger partial charge is 0.374 e. The first kappa shape index (κ1) is 13.5. The molecule has 3 nitrogen and oxygen atoms in total. The van der Waals surface area contributed by atoms with Gasteiger partial charge in [0.25, 0.3) is 0 Å². The average molecular weight is 248 g/mol. The molecular weight excluding hydrogens is 224 g/mol. The van der Waals surface area contributed by atoms with E-state index in [4.69, 9.17) is 4.74 Å². The van der Waals surface area contributed by atoms with Gasteiger partial charge >= 0.3 is 0 Å². The van der Waals surface area contributed by atoms with Crippen molar-refractivity contribution in [3.05, 3.63) is 35.9 Å². The van der Waals surface area contributed by atoms with Crippen LogP contribution in [0, 0.1) is 0 Å².